The predicted molar refractivity (Wildman–Crippen MR) is 74.7 cm³/mol. The van der Waals surface area contributed by atoms with E-state index in [2.05, 4.69) is 0 Å². The lowest BCUT2D eigenvalue weighted by Crippen LogP contribution is -2.28. The largest absolute Gasteiger partial charge is 0.507 e. The first-order valence-electron chi connectivity index (χ1n) is 5.37. The normalized spacial score (nSPS) is 10.1. The van der Waals surface area contributed by atoms with E-state index in [0.717, 1.165) is 0 Å². The number of carbonyl (C=O) groups is 2. The van der Waals surface area contributed by atoms with Crippen LogP contribution in [-0.2, 0) is 4.79 Å². The maximum atomic E-state index is 11.9. The second kappa shape index (κ2) is 6.58. The number of rotatable bonds is 5. The van der Waals surface area contributed by atoms with Crippen molar-refractivity contribution < 1.29 is 19.8 Å². The molecular weight excluding hydrogens is 349 g/mol. The molecule has 0 saturated carbocycles. The van der Waals surface area contributed by atoms with E-state index in [-0.39, 0.29) is 18.1 Å². The second-order valence-corrected chi connectivity index (χ2v) is 5.05. The lowest BCUT2D eigenvalue weighted by molar-refractivity contribution is -0.137. The molecule has 0 radical (unpaired) electrons. The minimum absolute atomic E-state index is 0.0373. The third-order valence-electron chi connectivity index (χ3n) is 2.42. The van der Waals surface area contributed by atoms with Gasteiger partial charge >= 0.3 is 5.97 Å². The summed E-state index contributed by atoms with van der Waals surface area (Å²) in [6.07, 6.45) is 0.448. The van der Waals surface area contributed by atoms with Gasteiger partial charge in [0, 0.05) is 25.6 Å². The Morgan fingerprint density at radius 2 is 2.06 bits per heavy atom. The number of benzene rings is 1. The van der Waals surface area contributed by atoms with Crippen LogP contribution in [0.2, 0.25) is 0 Å². The van der Waals surface area contributed by atoms with E-state index in [9.17, 15) is 14.7 Å². The van der Waals surface area contributed by atoms with Crippen molar-refractivity contribution in [2.75, 3.05) is 13.6 Å². The van der Waals surface area contributed by atoms with Crippen LogP contribution in [0.1, 0.15) is 23.2 Å². The van der Waals surface area contributed by atoms with Gasteiger partial charge < -0.3 is 15.1 Å². The molecule has 0 aliphatic rings. The number of hydrogen-bond donors (Lipinski definition) is 2. The number of amides is 1. The van der Waals surface area contributed by atoms with Gasteiger partial charge in [-0.3, -0.25) is 9.59 Å². The van der Waals surface area contributed by atoms with Crippen molar-refractivity contribution in [3.8, 4) is 5.75 Å². The smallest absolute Gasteiger partial charge is 0.303 e. The predicted octanol–water partition coefficient (Wildman–Crippen LogP) is 1.93. The molecule has 0 saturated heterocycles. The molecule has 0 aromatic heterocycles. The summed E-state index contributed by atoms with van der Waals surface area (Å²) in [6.45, 7) is 0.373. The zero-order chi connectivity index (χ0) is 13.7. The number of phenols is 1. The molecule has 2 N–H and O–H groups in total. The molecule has 1 aromatic rings. The van der Waals surface area contributed by atoms with Gasteiger partial charge in [-0.1, -0.05) is 0 Å². The number of hydrogen-bond acceptors (Lipinski definition) is 3. The van der Waals surface area contributed by atoms with Crippen molar-refractivity contribution in [3.63, 3.8) is 0 Å². The van der Waals surface area contributed by atoms with Crippen LogP contribution >= 0.6 is 22.6 Å². The van der Waals surface area contributed by atoms with Gasteiger partial charge in [0.1, 0.15) is 5.75 Å². The summed E-state index contributed by atoms with van der Waals surface area (Å²) in [5.41, 5.74) is 0.394. The summed E-state index contributed by atoms with van der Waals surface area (Å²) in [5.74, 6) is -1.03. The highest BCUT2D eigenvalue weighted by atomic mass is 127. The van der Waals surface area contributed by atoms with Crippen LogP contribution in [0, 0.1) is 3.57 Å². The Morgan fingerprint density at radius 1 is 1.39 bits per heavy atom. The van der Waals surface area contributed by atoms with E-state index in [1.165, 1.54) is 11.0 Å². The Hall–Kier alpha value is -1.31. The van der Waals surface area contributed by atoms with Gasteiger partial charge in [0.05, 0.1) is 3.57 Å². The van der Waals surface area contributed by atoms with Crippen LogP contribution in [0.4, 0.5) is 0 Å². The van der Waals surface area contributed by atoms with Crippen LogP contribution in [0.25, 0.3) is 0 Å². The molecule has 0 unspecified atom stereocenters. The molecule has 18 heavy (non-hydrogen) atoms. The number of aromatic hydroxyl groups is 1. The maximum absolute atomic E-state index is 11.9. The zero-order valence-corrected chi connectivity index (χ0v) is 12.0. The number of phenolic OH excluding ortho intramolecular Hbond substituents is 1. The SMILES string of the molecule is CN(CCCC(=O)O)C(=O)c1ccc(I)c(O)c1. The Balaban J connectivity index is 2.62. The first-order chi connectivity index (χ1) is 8.41. The average molecular weight is 363 g/mol. The first-order valence-corrected chi connectivity index (χ1v) is 6.45. The lowest BCUT2D eigenvalue weighted by Gasteiger charge is -2.16. The fraction of sp³-hybridized carbons (Fsp3) is 0.333. The average Bonchev–Trinajstić information content (AvgIpc) is 2.31. The topological polar surface area (TPSA) is 77.8 Å². The molecule has 0 bridgehead atoms. The van der Waals surface area contributed by atoms with E-state index < -0.39 is 5.97 Å². The third kappa shape index (κ3) is 4.17. The first kappa shape index (κ1) is 14.7. The van der Waals surface area contributed by atoms with E-state index in [1.807, 2.05) is 22.6 Å². The monoisotopic (exact) mass is 363 g/mol. The number of carboxylic acid groups (broad SMARTS) is 1. The lowest BCUT2D eigenvalue weighted by atomic mass is 10.2. The van der Waals surface area contributed by atoms with Gasteiger partial charge in [0.25, 0.3) is 5.91 Å². The fourth-order valence-corrected chi connectivity index (χ4v) is 1.77. The standard InChI is InChI=1S/C12H14INO4/c1-14(6-2-3-11(16)17)12(18)8-4-5-9(13)10(15)7-8/h4-5,7,15H,2-3,6H2,1H3,(H,16,17). The van der Waals surface area contributed by atoms with Gasteiger partial charge in [-0.25, -0.2) is 0 Å². The highest BCUT2D eigenvalue weighted by Crippen LogP contribution is 2.21. The summed E-state index contributed by atoms with van der Waals surface area (Å²) in [6, 6.07) is 4.71. The quantitative estimate of drug-likeness (QED) is 0.784. The van der Waals surface area contributed by atoms with Crippen molar-refractivity contribution in [2.45, 2.75) is 12.8 Å². The van der Waals surface area contributed by atoms with Crippen LogP contribution < -0.4 is 0 Å². The Morgan fingerprint density at radius 3 is 2.61 bits per heavy atom. The number of halogens is 1. The third-order valence-corrected chi connectivity index (χ3v) is 3.34. The second-order valence-electron chi connectivity index (χ2n) is 3.89. The Bertz CT molecular complexity index is 461. The Labute approximate surface area is 119 Å². The number of carboxylic acids is 1. The molecule has 0 heterocycles. The molecule has 98 valence electrons. The number of carbonyl (C=O) groups excluding carboxylic acids is 1. The summed E-state index contributed by atoms with van der Waals surface area (Å²) >= 11 is 1.97. The summed E-state index contributed by atoms with van der Waals surface area (Å²) < 4.78 is 0.678. The molecular formula is C12H14INO4. The molecule has 0 aliphatic carbocycles. The molecule has 0 aliphatic heterocycles. The summed E-state index contributed by atoms with van der Waals surface area (Å²) in [5, 5.41) is 18.0. The van der Waals surface area contributed by atoms with Crippen molar-refractivity contribution in [1.29, 1.82) is 0 Å². The van der Waals surface area contributed by atoms with Crippen molar-refractivity contribution in [2.24, 2.45) is 0 Å². The number of nitrogens with zero attached hydrogens (tertiary/aromatic N) is 1. The molecule has 6 heteroatoms. The highest BCUT2D eigenvalue weighted by molar-refractivity contribution is 14.1. The van der Waals surface area contributed by atoms with Crippen molar-refractivity contribution in [1.82, 2.24) is 4.90 Å². The molecule has 0 fully saturated rings. The van der Waals surface area contributed by atoms with Crippen molar-refractivity contribution >= 4 is 34.5 Å². The van der Waals surface area contributed by atoms with Crippen LogP contribution in [0.5, 0.6) is 5.75 Å². The van der Waals surface area contributed by atoms with E-state index >= 15 is 0 Å². The van der Waals surface area contributed by atoms with Gasteiger partial charge in [-0.2, -0.15) is 0 Å². The molecule has 1 amide bonds. The van der Waals surface area contributed by atoms with Gasteiger partial charge in [0.2, 0.25) is 0 Å². The van der Waals surface area contributed by atoms with Crippen molar-refractivity contribution in [3.05, 3.63) is 27.3 Å². The van der Waals surface area contributed by atoms with Crippen LogP contribution in [-0.4, -0.2) is 40.6 Å². The minimum Gasteiger partial charge on any atom is -0.507 e. The van der Waals surface area contributed by atoms with E-state index in [0.29, 0.717) is 22.1 Å². The van der Waals surface area contributed by atoms with E-state index in [1.54, 1.807) is 19.2 Å². The van der Waals surface area contributed by atoms with E-state index in [4.69, 9.17) is 5.11 Å². The minimum atomic E-state index is -0.872. The van der Waals surface area contributed by atoms with Crippen LogP contribution in [0.15, 0.2) is 18.2 Å². The summed E-state index contributed by atoms with van der Waals surface area (Å²) in [7, 11) is 1.61. The van der Waals surface area contributed by atoms with Gasteiger partial charge in [0.15, 0.2) is 0 Å². The fourth-order valence-electron chi connectivity index (χ4n) is 1.44. The Kier molecular flexibility index (Phi) is 5.39. The molecule has 1 rings (SSSR count). The maximum Gasteiger partial charge on any atom is 0.303 e. The summed E-state index contributed by atoms with van der Waals surface area (Å²) in [4.78, 5) is 23.8. The molecule has 0 spiro atoms. The highest BCUT2D eigenvalue weighted by Gasteiger charge is 2.13. The molecule has 0 atom stereocenters. The van der Waals surface area contributed by atoms with Crippen LogP contribution in [0.3, 0.4) is 0 Å². The zero-order valence-electron chi connectivity index (χ0n) is 9.89. The molecule has 5 nitrogen and oxygen atoms in total. The molecule has 1 aromatic carbocycles. The van der Waals surface area contributed by atoms with Gasteiger partial charge in [-0.05, 0) is 47.2 Å². The van der Waals surface area contributed by atoms with Gasteiger partial charge in [-0.15, -0.1) is 0 Å². The number of aliphatic carboxylic acids is 1.